The fourth-order valence-electron chi connectivity index (χ4n) is 4.82. The standard InChI is InChI=1S/C30H32N4O2/c1-21(23-8-4-2-5-9-23)32-29(35)24-12-15-26-27(30(36)33-28(26)18-24)19-31-25-13-10-22(11-14-25)20-34-16-6-3-7-17-34/h2,4-5,8-15,18-19,21,31H,3,6-7,16-17,20H2,1H3,(H,32,35)(H,33,36)/b27-19-/t21-/m1/s1. The van der Waals surface area contributed by atoms with E-state index in [0.717, 1.165) is 23.4 Å². The Labute approximate surface area is 212 Å². The van der Waals surface area contributed by atoms with Crippen molar-refractivity contribution in [3.05, 3.63) is 101 Å². The van der Waals surface area contributed by atoms with Gasteiger partial charge in [0.05, 0.1) is 11.6 Å². The molecule has 1 fully saturated rings. The highest BCUT2D eigenvalue weighted by Gasteiger charge is 2.25. The van der Waals surface area contributed by atoms with E-state index in [1.54, 1.807) is 18.3 Å². The first-order valence-electron chi connectivity index (χ1n) is 12.7. The van der Waals surface area contributed by atoms with Crippen LogP contribution in [0.2, 0.25) is 0 Å². The molecule has 184 valence electrons. The van der Waals surface area contributed by atoms with Crippen molar-refractivity contribution in [2.45, 2.75) is 38.8 Å². The topological polar surface area (TPSA) is 73.5 Å². The van der Waals surface area contributed by atoms with Gasteiger partial charge in [-0.15, -0.1) is 0 Å². The van der Waals surface area contributed by atoms with Crippen molar-refractivity contribution in [1.29, 1.82) is 0 Å². The van der Waals surface area contributed by atoms with E-state index in [0.29, 0.717) is 16.8 Å². The Morgan fingerprint density at radius 1 is 1.00 bits per heavy atom. The summed E-state index contributed by atoms with van der Waals surface area (Å²) in [6.45, 7) is 5.29. The summed E-state index contributed by atoms with van der Waals surface area (Å²) in [5.74, 6) is -0.363. The van der Waals surface area contributed by atoms with E-state index in [9.17, 15) is 9.59 Å². The fourth-order valence-corrected chi connectivity index (χ4v) is 4.82. The SMILES string of the molecule is C[C@@H](NC(=O)c1ccc2c(c1)NC(=O)/C2=C\Nc1ccc(CN2CCCCC2)cc1)c1ccccc1. The summed E-state index contributed by atoms with van der Waals surface area (Å²) in [6, 6.07) is 23.4. The molecule has 0 unspecified atom stereocenters. The zero-order valence-corrected chi connectivity index (χ0v) is 20.6. The number of hydrogen-bond acceptors (Lipinski definition) is 4. The second-order valence-electron chi connectivity index (χ2n) is 9.56. The summed E-state index contributed by atoms with van der Waals surface area (Å²) in [5.41, 5.74) is 5.74. The Hall–Kier alpha value is -3.90. The highest BCUT2D eigenvalue weighted by Crippen LogP contribution is 2.32. The lowest BCUT2D eigenvalue weighted by Crippen LogP contribution is -2.29. The summed E-state index contributed by atoms with van der Waals surface area (Å²) in [6.07, 6.45) is 5.65. The number of carbonyl (C=O) groups excluding carboxylic acids is 2. The van der Waals surface area contributed by atoms with Gasteiger partial charge in [0.15, 0.2) is 0 Å². The van der Waals surface area contributed by atoms with Crippen molar-refractivity contribution in [2.75, 3.05) is 23.7 Å². The molecular weight excluding hydrogens is 448 g/mol. The van der Waals surface area contributed by atoms with Crippen LogP contribution in [0.1, 0.15) is 59.3 Å². The van der Waals surface area contributed by atoms with Gasteiger partial charge in [-0.25, -0.2) is 0 Å². The number of rotatable bonds is 7. The predicted octanol–water partition coefficient (Wildman–Crippen LogP) is 5.57. The highest BCUT2D eigenvalue weighted by atomic mass is 16.2. The Balaban J connectivity index is 1.23. The van der Waals surface area contributed by atoms with Crippen LogP contribution in [0.3, 0.4) is 0 Å². The molecule has 2 aliphatic heterocycles. The molecule has 2 amide bonds. The van der Waals surface area contributed by atoms with E-state index in [1.807, 2.05) is 55.5 Å². The number of hydrogen-bond donors (Lipinski definition) is 3. The van der Waals surface area contributed by atoms with Gasteiger partial charge in [0.25, 0.3) is 11.8 Å². The smallest absolute Gasteiger partial charge is 0.257 e. The van der Waals surface area contributed by atoms with Crippen LogP contribution in [0.4, 0.5) is 11.4 Å². The van der Waals surface area contributed by atoms with Gasteiger partial charge in [-0.2, -0.15) is 0 Å². The van der Waals surface area contributed by atoms with Crippen molar-refractivity contribution < 1.29 is 9.59 Å². The molecule has 1 atom stereocenters. The third-order valence-corrected chi connectivity index (χ3v) is 6.90. The lowest BCUT2D eigenvalue weighted by atomic mass is 10.0. The number of nitrogens with one attached hydrogen (secondary N) is 3. The normalized spacial score (nSPS) is 17.4. The first-order valence-corrected chi connectivity index (χ1v) is 12.7. The summed E-state index contributed by atoms with van der Waals surface area (Å²) in [5, 5.41) is 9.16. The van der Waals surface area contributed by atoms with Gasteiger partial charge in [0.2, 0.25) is 0 Å². The van der Waals surface area contributed by atoms with Gasteiger partial charge in [-0.1, -0.05) is 55.0 Å². The maximum atomic E-state index is 12.8. The van der Waals surface area contributed by atoms with E-state index < -0.39 is 0 Å². The van der Waals surface area contributed by atoms with Crippen LogP contribution >= 0.6 is 0 Å². The zero-order valence-electron chi connectivity index (χ0n) is 20.6. The Morgan fingerprint density at radius 2 is 1.75 bits per heavy atom. The molecule has 0 radical (unpaired) electrons. The first kappa shape index (κ1) is 23.8. The van der Waals surface area contributed by atoms with Crippen LogP contribution in [0.25, 0.3) is 5.57 Å². The van der Waals surface area contributed by atoms with Crippen LogP contribution in [0.5, 0.6) is 0 Å². The Kier molecular flexibility index (Phi) is 7.14. The van der Waals surface area contributed by atoms with Gasteiger partial charge >= 0.3 is 0 Å². The number of fused-ring (bicyclic) bond motifs is 1. The highest BCUT2D eigenvalue weighted by molar-refractivity contribution is 6.32. The summed E-state index contributed by atoms with van der Waals surface area (Å²) < 4.78 is 0. The molecule has 0 aliphatic carbocycles. The minimum Gasteiger partial charge on any atom is -0.361 e. The van der Waals surface area contributed by atoms with E-state index >= 15 is 0 Å². The molecule has 36 heavy (non-hydrogen) atoms. The number of likely N-dealkylation sites (tertiary alicyclic amines) is 1. The quantitative estimate of drug-likeness (QED) is 0.387. The molecule has 2 heterocycles. The van der Waals surface area contributed by atoms with E-state index in [1.165, 1.54) is 37.9 Å². The zero-order chi connectivity index (χ0) is 24.9. The van der Waals surface area contributed by atoms with E-state index in [-0.39, 0.29) is 17.9 Å². The number of carbonyl (C=O) groups is 2. The van der Waals surface area contributed by atoms with Gasteiger partial charge in [-0.3, -0.25) is 14.5 Å². The second-order valence-corrected chi connectivity index (χ2v) is 9.56. The molecule has 1 saturated heterocycles. The molecule has 0 aromatic heterocycles. The molecule has 0 bridgehead atoms. The van der Waals surface area contributed by atoms with E-state index in [4.69, 9.17) is 0 Å². The molecule has 0 saturated carbocycles. The molecule has 3 N–H and O–H groups in total. The first-order chi connectivity index (χ1) is 17.6. The van der Waals surface area contributed by atoms with Crippen molar-refractivity contribution >= 4 is 28.8 Å². The molecule has 3 aromatic rings. The monoisotopic (exact) mass is 480 g/mol. The Bertz CT molecular complexity index is 1260. The summed E-state index contributed by atoms with van der Waals surface area (Å²) in [7, 11) is 0. The Morgan fingerprint density at radius 3 is 2.50 bits per heavy atom. The maximum Gasteiger partial charge on any atom is 0.257 e. The maximum absolute atomic E-state index is 12.8. The summed E-state index contributed by atoms with van der Waals surface area (Å²) >= 11 is 0. The molecule has 6 heteroatoms. The third-order valence-electron chi connectivity index (χ3n) is 6.90. The van der Waals surface area contributed by atoms with Gasteiger partial charge < -0.3 is 16.0 Å². The molecule has 0 spiro atoms. The summed E-state index contributed by atoms with van der Waals surface area (Å²) in [4.78, 5) is 28.0. The second kappa shape index (κ2) is 10.8. The lowest BCUT2D eigenvalue weighted by molar-refractivity contribution is -0.110. The number of benzene rings is 3. The van der Waals surface area contributed by atoms with Gasteiger partial charge in [-0.05, 0) is 68.2 Å². The number of amides is 2. The number of anilines is 2. The number of nitrogens with zero attached hydrogens (tertiary/aromatic N) is 1. The predicted molar refractivity (Wildman–Crippen MR) is 145 cm³/mol. The minimum atomic E-state index is -0.186. The van der Waals surface area contributed by atoms with Crippen LogP contribution in [-0.2, 0) is 11.3 Å². The van der Waals surface area contributed by atoms with Crippen molar-refractivity contribution in [1.82, 2.24) is 10.2 Å². The van der Waals surface area contributed by atoms with Crippen molar-refractivity contribution in [2.24, 2.45) is 0 Å². The van der Waals surface area contributed by atoms with Crippen LogP contribution in [0, 0.1) is 0 Å². The van der Waals surface area contributed by atoms with E-state index in [2.05, 4.69) is 33.0 Å². The van der Waals surface area contributed by atoms with Crippen LogP contribution in [-0.4, -0.2) is 29.8 Å². The number of piperidine rings is 1. The minimum absolute atomic E-state index is 0.118. The largest absolute Gasteiger partial charge is 0.361 e. The van der Waals surface area contributed by atoms with Crippen molar-refractivity contribution in [3.63, 3.8) is 0 Å². The molecule has 2 aliphatic rings. The van der Waals surface area contributed by atoms with Crippen LogP contribution < -0.4 is 16.0 Å². The van der Waals surface area contributed by atoms with Crippen LogP contribution in [0.15, 0.2) is 79.0 Å². The average molecular weight is 481 g/mol. The molecule has 6 nitrogen and oxygen atoms in total. The lowest BCUT2D eigenvalue weighted by Gasteiger charge is -2.26. The third kappa shape index (κ3) is 5.50. The molecular formula is C30H32N4O2. The average Bonchev–Trinajstić information content (AvgIpc) is 3.23. The fraction of sp³-hybridized carbons (Fsp3) is 0.267. The molecule has 5 rings (SSSR count). The van der Waals surface area contributed by atoms with Crippen molar-refractivity contribution in [3.8, 4) is 0 Å². The van der Waals surface area contributed by atoms with Gasteiger partial charge in [0.1, 0.15) is 0 Å². The van der Waals surface area contributed by atoms with Gasteiger partial charge in [0, 0.05) is 35.2 Å². The molecule has 3 aromatic carbocycles.